The fraction of sp³-hybridized carbons (Fsp3) is 0.500. The Bertz CT molecular complexity index is 402. The molecule has 1 aromatic carbocycles. The molecule has 1 aromatic rings. The van der Waals surface area contributed by atoms with Crippen LogP contribution >= 0.6 is 0 Å². The molecule has 1 N–H and O–H groups in total. The Balaban J connectivity index is 2.71. The molecular formula is C14H21NO3. The average Bonchev–Trinajstić information content (AvgIpc) is 2.37. The lowest BCUT2D eigenvalue weighted by Gasteiger charge is -2.23. The van der Waals surface area contributed by atoms with Crippen molar-refractivity contribution in [3.63, 3.8) is 0 Å². The fourth-order valence-corrected chi connectivity index (χ4v) is 1.67. The van der Waals surface area contributed by atoms with Crippen LogP contribution < -0.4 is 5.32 Å². The van der Waals surface area contributed by atoms with Crippen molar-refractivity contribution in [2.24, 2.45) is 0 Å². The fourth-order valence-electron chi connectivity index (χ4n) is 1.67. The molecule has 0 saturated heterocycles. The molecule has 100 valence electrons. The molecule has 0 aliphatic rings. The second-order valence-electron chi connectivity index (χ2n) is 4.67. The van der Waals surface area contributed by atoms with Crippen LogP contribution in [0.2, 0.25) is 0 Å². The van der Waals surface area contributed by atoms with Crippen LogP contribution in [0.3, 0.4) is 0 Å². The Kier molecular flexibility index (Phi) is 5.31. The molecule has 0 atom stereocenters. The van der Waals surface area contributed by atoms with Gasteiger partial charge in [0.15, 0.2) is 0 Å². The molecule has 0 bridgehead atoms. The van der Waals surface area contributed by atoms with E-state index in [9.17, 15) is 4.79 Å². The first kappa shape index (κ1) is 14.7. The molecule has 1 rings (SSSR count). The van der Waals surface area contributed by atoms with Crippen LogP contribution in [0.1, 0.15) is 25.0 Å². The number of nitrogens with one attached hydrogen (secondary N) is 1. The van der Waals surface area contributed by atoms with E-state index < -0.39 is 5.54 Å². The number of rotatable bonds is 6. The van der Waals surface area contributed by atoms with Crippen LogP contribution in [-0.2, 0) is 27.4 Å². The van der Waals surface area contributed by atoms with Gasteiger partial charge in [-0.15, -0.1) is 0 Å². The predicted octanol–water partition coefficient (Wildman–Crippen LogP) is 1.87. The van der Waals surface area contributed by atoms with Crippen molar-refractivity contribution in [1.29, 1.82) is 0 Å². The summed E-state index contributed by atoms with van der Waals surface area (Å²) in [5.41, 5.74) is 1.54. The van der Waals surface area contributed by atoms with E-state index in [0.29, 0.717) is 13.2 Å². The number of hydrogen-bond acceptors (Lipinski definition) is 4. The highest BCUT2D eigenvalue weighted by Gasteiger charge is 2.27. The summed E-state index contributed by atoms with van der Waals surface area (Å²) in [6.45, 7) is 4.77. The maximum Gasteiger partial charge on any atom is 0.325 e. The minimum absolute atomic E-state index is 0.272. The number of carbonyl (C=O) groups excluding carboxylic acids is 1. The number of ether oxygens (including phenoxy) is 2. The Morgan fingerprint density at radius 3 is 2.39 bits per heavy atom. The standard InChI is InChI=1S/C14H21NO3/c1-14(2,13(16)18-4)15-9-11-7-5-6-8-12(11)10-17-3/h5-8,15H,9-10H2,1-4H3. The van der Waals surface area contributed by atoms with Gasteiger partial charge in [0.25, 0.3) is 0 Å². The maximum absolute atomic E-state index is 11.6. The third-order valence-electron chi connectivity index (χ3n) is 2.83. The van der Waals surface area contributed by atoms with Gasteiger partial charge in [0.05, 0.1) is 13.7 Å². The number of benzene rings is 1. The zero-order chi connectivity index (χ0) is 13.6. The lowest BCUT2D eigenvalue weighted by molar-refractivity contribution is -0.147. The van der Waals surface area contributed by atoms with Gasteiger partial charge >= 0.3 is 5.97 Å². The van der Waals surface area contributed by atoms with Crippen molar-refractivity contribution < 1.29 is 14.3 Å². The Morgan fingerprint density at radius 2 is 1.83 bits per heavy atom. The first-order chi connectivity index (χ1) is 8.51. The van der Waals surface area contributed by atoms with Crippen LogP contribution in [0.25, 0.3) is 0 Å². The molecule has 0 fully saturated rings. The minimum Gasteiger partial charge on any atom is -0.468 e. The number of hydrogen-bond donors (Lipinski definition) is 1. The summed E-state index contributed by atoms with van der Waals surface area (Å²) < 4.78 is 9.90. The minimum atomic E-state index is -0.699. The lowest BCUT2D eigenvalue weighted by Crippen LogP contribution is -2.47. The first-order valence-electron chi connectivity index (χ1n) is 5.90. The number of carbonyl (C=O) groups is 1. The van der Waals surface area contributed by atoms with Crippen LogP contribution in [-0.4, -0.2) is 25.7 Å². The molecule has 18 heavy (non-hydrogen) atoms. The zero-order valence-electron chi connectivity index (χ0n) is 11.4. The average molecular weight is 251 g/mol. The van der Waals surface area contributed by atoms with Crippen LogP contribution in [0.5, 0.6) is 0 Å². The topological polar surface area (TPSA) is 47.6 Å². The van der Waals surface area contributed by atoms with E-state index in [-0.39, 0.29) is 5.97 Å². The van der Waals surface area contributed by atoms with Gasteiger partial charge in [-0.05, 0) is 25.0 Å². The molecule has 0 aliphatic heterocycles. The SMILES string of the molecule is COCc1ccccc1CNC(C)(C)C(=O)OC. The van der Waals surface area contributed by atoms with Gasteiger partial charge in [0.1, 0.15) is 5.54 Å². The molecule has 0 heterocycles. The van der Waals surface area contributed by atoms with Gasteiger partial charge in [0.2, 0.25) is 0 Å². The number of methoxy groups -OCH3 is 2. The molecule has 0 spiro atoms. The molecule has 0 amide bonds. The quantitative estimate of drug-likeness (QED) is 0.784. The van der Waals surface area contributed by atoms with Crippen molar-refractivity contribution in [2.75, 3.05) is 14.2 Å². The molecule has 4 heteroatoms. The third kappa shape index (κ3) is 3.82. The van der Waals surface area contributed by atoms with Gasteiger partial charge in [0, 0.05) is 13.7 Å². The summed E-state index contributed by atoms with van der Waals surface area (Å²) >= 11 is 0. The highest BCUT2D eigenvalue weighted by Crippen LogP contribution is 2.12. The summed E-state index contributed by atoms with van der Waals surface area (Å²) in [5, 5.41) is 3.19. The second kappa shape index (κ2) is 6.52. The number of esters is 1. The van der Waals surface area contributed by atoms with Gasteiger partial charge in [-0.1, -0.05) is 24.3 Å². The van der Waals surface area contributed by atoms with E-state index in [1.165, 1.54) is 7.11 Å². The normalized spacial score (nSPS) is 11.3. The van der Waals surface area contributed by atoms with Crippen molar-refractivity contribution in [3.05, 3.63) is 35.4 Å². The van der Waals surface area contributed by atoms with E-state index in [0.717, 1.165) is 11.1 Å². The largest absolute Gasteiger partial charge is 0.468 e. The van der Waals surface area contributed by atoms with Gasteiger partial charge < -0.3 is 9.47 Å². The molecular weight excluding hydrogens is 230 g/mol. The summed E-state index contributed by atoms with van der Waals surface area (Å²) in [6.07, 6.45) is 0. The van der Waals surface area contributed by atoms with Gasteiger partial charge in [-0.25, -0.2) is 0 Å². The van der Waals surface area contributed by atoms with E-state index in [2.05, 4.69) is 5.32 Å². The van der Waals surface area contributed by atoms with Crippen LogP contribution in [0.15, 0.2) is 24.3 Å². The Hall–Kier alpha value is -1.39. The summed E-state index contributed by atoms with van der Waals surface area (Å²) in [6, 6.07) is 7.99. The summed E-state index contributed by atoms with van der Waals surface area (Å²) in [5.74, 6) is -0.272. The van der Waals surface area contributed by atoms with Crippen molar-refractivity contribution >= 4 is 5.97 Å². The molecule has 0 saturated carbocycles. The molecule has 0 radical (unpaired) electrons. The van der Waals surface area contributed by atoms with Gasteiger partial charge in [-0.3, -0.25) is 10.1 Å². The monoisotopic (exact) mass is 251 g/mol. The molecule has 0 aliphatic carbocycles. The first-order valence-corrected chi connectivity index (χ1v) is 5.90. The van der Waals surface area contributed by atoms with E-state index in [1.807, 2.05) is 24.3 Å². The van der Waals surface area contributed by atoms with Crippen molar-refractivity contribution in [1.82, 2.24) is 5.32 Å². The summed E-state index contributed by atoms with van der Waals surface area (Å²) in [4.78, 5) is 11.6. The molecule has 4 nitrogen and oxygen atoms in total. The van der Waals surface area contributed by atoms with Crippen molar-refractivity contribution in [2.45, 2.75) is 32.5 Å². The zero-order valence-corrected chi connectivity index (χ0v) is 11.4. The Labute approximate surface area is 108 Å². The molecule has 0 unspecified atom stereocenters. The maximum atomic E-state index is 11.6. The van der Waals surface area contributed by atoms with E-state index in [4.69, 9.17) is 9.47 Å². The van der Waals surface area contributed by atoms with E-state index in [1.54, 1.807) is 21.0 Å². The van der Waals surface area contributed by atoms with E-state index >= 15 is 0 Å². The molecule has 0 aromatic heterocycles. The predicted molar refractivity (Wildman–Crippen MR) is 70.1 cm³/mol. The van der Waals surface area contributed by atoms with Gasteiger partial charge in [-0.2, -0.15) is 0 Å². The van der Waals surface area contributed by atoms with Crippen molar-refractivity contribution in [3.8, 4) is 0 Å². The third-order valence-corrected chi connectivity index (χ3v) is 2.83. The highest BCUT2D eigenvalue weighted by atomic mass is 16.5. The smallest absolute Gasteiger partial charge is 0.325 e. The van der Waals surface area contributed by atoms with Crippen LogP contribution in [0.4, 0.5) is 0 Å². The van der Waals surface area contributed by atoms with Crippen LogP contribution in [0, 0.1) is 0 Å². The Morgan fingerprint density at radius 1 is 1.22 bits per heavy atom. The lowest BCUT2D eigenvalue weighted by atomic mass is 10.0. The second-order valence-corrected chi connectivity index (χ2v) is 4.67. The highest BCUT2D eigenvalue weighted by molar-refractivity contribution is 5.79. The summed E-state index contributed by atoms with van der Waals surface area (Å²) in [7, 11) is 3.06.